The topological polar surface area (TPSA) is 85.8 Å². The predicted molar refractivity (Wildman–Crippen MR) is 98.8 cm³/mol. The number of fused-ring (bicyclic) bond motifs is 1. The highest BCUT2D eigenvalue weighted by atomic mass is 32.2. The van der Waals surface area contributed by atoms with Crippen molar-refractivity contribution in [2.45, 2.75) is 6.92 Å². The van der Waals surface area contributed by atoms with E-state index in [-0.39, 0.29) is 31.4 Å². The lowest BCUT2D eigenvalue weighted by atomic mass is 10.2. The molecule has 26 heavy (non-hydrogen) atoms. The van der Waals surface area contributed by atoms with E-state index in [0.29, 0.717) is 10.6 Å². The number of carbonyl (C=O) groups is 3. The molecule has 0 bridgehead atoms. The van der Waals surface area contributed by atoms with E-state index in [0.717, 1.165) is 10.2 Å². The van der Waals surface area contributed by atoms with Gasteiger partial charge in [0, 0.05) is 0 Å². The average molecular weight is 392 g/mol. The van der Waals surface area contributed by atoms with Gasteiger partial charge >= 0.3 is 11.9 Å². The zero-order valence-corrected chi connectivity index (χ0v) is 15.6. The first-order valence-electron chi connectivity index (χ1n) is 7.90. The molecular weight excluding hydrogens is 376 g/mol. The first-order chi connectivity index (χ1) is 12.6. The highest BCUT2D eigenvalue weighted by molar-refractivity contribution is 8.04. The van der Waals surface area contributed by atoms with Gasteiger partial charge in [0.2, 0.25) is 5.91 Å². The fourth-order valence-corrected chi connectivity index (χ4v) is 4.02. The van der Waals surface area contributed by atoms with Gasteiger partial charge in [0.05, 0.1) is 51.3 Å². The third-order valence-electron chi connectivity index (χ3n) is 3.55. The first kappa shape index (κ1) is 18.4. The van der Waals surface area contributed by atoms with Gasteiger partial charge in [0.25, 0.3) is 0 Å². The van der Waals surface area contributed by atoms with Gasteiger partial charge in [0.1, 0.15) is 6.61 Å². The summed E-state index contributed by atoms with van der Waals surface area (Å²) in [5, 5.41) is 0.510. The Labute approximate surface area is 158 Å². The van der Waals surface area contributed by atoms with E-state index in [9.17, 15) is 14.4 Å². The van der Waals surface area contributed by atoms with Gasteiger partial charge in [-0.2, -0.15) is 0 Å². The van der Waals surface area contributed by atoms with E-state index in [1.54, 1.807) is 30.6 Å². The Morgan fingerprint density at radius 2 is 2.19 bits per heavy atom. The van der Waals surface area contributed by atoms with E-state index in [1.165, 1.54) is 34.1 Å². The molecule has 1 aliphatic rings. The maximum absolute atomic E-state index is 12.2. The number of esters is 2. The molecule has 0 atom stereocenters. The fourth-order valence-electron chi connectivity index (χ4n) is 2.35. The van der Waals surface area contributed by atoms with Crippen LogP contribution in [0.1, 0.15) is 17.3 Å². The van der Waals surface area contributed by atoms with Crippen molar-refractivity contribution in [3.05, 3.63) is 40.4 Å². The maximum atomic E-state index is 12.2. The number of carbonyl (C=O) groups excluding carboxylic acids is 3. The summed E-state index contributed by atoms with van der Waals surface area (Å²) < 4.78 is 11.0. The molecular formula is C17H16N2O5S2. The van der Waals surface area contributed by atoms with Crippen LogP contribution < -0.4 is 0 Å². The number of aromatic nitrogens is 1. The molecule has 0 spiro atoms. The summed E-state index contributed by atoms with van der Waals surface area (Å²) in [6, 6.07) is 5.16. The van der Waals surface area contributed by atoms with Crippen molar-refractivity contribution >= 4 is 51.2 Å². The third kappa shape index (κ3) is 4.23. The number of hydrogen-bond donors (Lipinski definition) is 0. The summed E-state index contributed by atoms with van der Waals surface area (Å²) in [5.74, 6) is -0.839. The Morgan fingerprint density at radius 3 is 3.00 bits per heavy atom. The van der Waals surface area contributed by atoms with Gasteiger partial charge in [-0.05, 0) is 25.1 Å². The highest BCUT2D eigenvalue weighted by Crippen LogP contribution is 2.28. The van der Waals surface area contributed by atoms with E-state index >= 15 is 0 Å². The molecule has 2 aromatic rings. The van der Waals surface area contributed by atoms with Crippen molar-refractivity contribution in [3.8, 4) is 0 Å². The second-order valence-corrected chi connectivity index (χ2v) is 7.12. The standard InChI is InChI=1S/C17H16N2O5S2/c1-2-23-16(21)8-15-19(14(20)9-25-15)5-6-24-17(22)11-3-4-12-13(7-11)26-10-18-12/h3-4,7-8,10H,2,5-6,9H2,1H3/b15-8-. The SMILES string of the molecule is CCOC(=O)/C=C1\SCC(=O)N1CCOC(=O)c1ccc2ncsc2c1. The Morgan fingerprint density at radius 1 is 1.35 bits per heavy atom. The highest BCUT2D eigenvalue weighted by Gasteiger charge is 2.27. The maximum Gasteiger partial charge on any atom is 0.338 e. The van der Waals surface area contributed by atoms with Crippen molar-refractivity contribution in [2.24, 2.45) is 0 Å². The van der Waals surface area contributed by atoms with E-state index in [1.807, 2.05) is 0 Å². The number of thiazole rings is 1. The molecule has 2 heterocycles. The predicted octanol–water partition coefficient (Wildman–Crippen LogP) is 2.43. The zero-order valence-electron chi connectivity index (χ0n) is 14.0. The molecule has 1 amide bonds. The van der Waals surface area contributed by atoms with Gasteiger partial charge in [-0.1, -0.05) is 11.8 Å². The number of benzene rings is 1. The molecule has 3 rings (SSSR count). The van der Waals surface area contributed by atoms with Gasteiger partial charge in [-0.15, -0.1) is 11.3 Å². The summed E-state index contributed by atoms with van der Waals surface area (Å²) in [6.45, 7) is 2.20. The van der Waals surface area contributed by atoms with Gasteiger partial charge in [0.15, 0.2) is 0 Å². The Hall–Kier alpha value is -2.39. The molecule has 136 valence electrons. The second-order valence-electron chi connectivity index (χ2n) is 5.24. The van der Waals surface area contributed by atoms with Crippen LogP contribution in [0.3, 0.4) is 0 Å². The van der Waals surface area contributed by atoms with Crippen molar-refractivity contribution in [1.29, 1.82) is 0 Å². The molecule has 1 aromatic carbocycles. The minimum atomic E-state index is -0.496. The normalized spacial score (nSPS) is 15.7. The monoisotopic (exact) mass is 392 g/mol. The quantitative estimate of drug-likeness (QED) is 0.551. The van der Waals surface area contributed by atoms with Gasteiger partial charge < -0.3 is 14.4 Å². The van der Waals surface area contributed by atoms with Crippen LogP contribution in [0.2, 0.25) is 0 Å². The first-order valence-corrected chi connectivity index (χ1v) is 9.77. The number of thioether (sulfide) groups is 1. The smallest absolute Gasteiger partial charge is 0.338 e. The lowest BCUT2D eigenvalue weighted by Gasteiger charge is -2.16. The van der Waals surface area contributed by atoms with E-state index in [4.69, 9.17) is 9.47 Å². The number of ether oxygens (including phenoxy) is 2. The molecule has 7 nitrogen and oxygen atoms in total. The molecule has 0 unspecified atom stereocenters. The number of nitrogens with zero attached hydrogens (tertiary/aromatic N) is 2. The molecule has 1 aliphatic heterocycles. The number of hydrogen-bond acceptors (Lipinski definition) is 8. The molecule has 1 aromatic heterocycles. The summed E-state index contributed by atoms with van der Waals surface area (Å²) in [6.07, 6.45) is 1.29. The zero-order chi connectivity index (χ0) is 18.5. The van der Waals surface area contributed by atoms with Crippen LogP contribution in [0.5, 0.6) is 0 Å². The Balaban J connectivity index is 1.58. The van der Waals surface area contributed by atoms with E-state index in [2.05, 4.69) is 4.98 Å². The number of amides is 1. The Bertz CT molecular complexity index is 877. The molecule has 0 radical (unpaired) electrons. The van der Waals surface area contributed by atoms with Crippen LogP contribution in [-0.4, -0.2) is 53.2 Å². The molecule has 1 saturated heterocycles. The van der Waals surface area contributed by atoms with Gasteiger partial charge in [-0.3, -0.25) is 4.79 Å². The molecule has 0 aliphatic carbocycles. The minimum Gasteiger partial charge on any atom is -0.463 e. The lowest BCUT2D eigenvalue weighted by molar-refractivity contribution is -0.137. The van der Waals surface area contributed by atoms with Crippen LogP contribution in [0.4, 0.5) is 0 Å². The summed E-state index contributed by atoms with van der Waals surface area (Å²) >= 11 is 2.71. The molecule has 0 N–H and O–H groups in total. The third-order valence-corrected chi connectivity index (χ3v) is 5.37. The van der Waals surface area contributed by atoms with Crippen molar-refractivity contribution in [2.75, 3.05) is 25.5 Å². The Kier molecular flexibility index (Phi) is 5.89. The lowest BCUT2D eigenvalue weighted by Crippen LogP contribution is -2.29. The van der Waals surface area contributed by atoms with Crippen LogP contribution in [-0.2, 0) is 19.1 Å². The van der Waals surface area contributed by atoms with E-state index < -0.39 is 11.9 Å². The largest absolute Gasteiger partial charge is 0.463 e. The average Bonchev–Trinajstić information content (AvgIpc) is 3.22. The van der Waals surface area contributed by atoms with Crippen molar-refractivity contribution in [1.82, 2.24) is 9.88 Å². The second kappa shape index (κ2) is 8.33. The fraction of sp³-hybridized carbons (Fsp3) is 0.294. The van der Waals surface area contributed by atoms with Crippen LogP contribution in [0.15, 0.2) is 34.8 Å². The number of rotatable bonds is 6. The van der Waals surface area contributed by atoms with Crippen molar-refractivity contribution < 1.29 is 23.9 Å². The van der Waals surface area contributed by atoms with Gasteiger partial charge in [-0.25, -0.2) is 14.6 Å². The molecule has 0 saturated carbocycles. The molecule has 1 fully saturated rings. The summed E-state index contributed by atoms with van der Waals surface area (Å²) in [4.78, 5) is 41.3. The summed E-state index contributed by atoms with van der Waals surface area (Å²) in [7, 11) is 0. The minimum absolute atomic E-state index is 0.0338. The van der Waals surface area contributed by atoms with Crippen LogP contribution >= 0.6 is 23.1 Å². The van der Waals surface area contributed by atoms with Crippen LogP contribution in [0.25, 0.3) is 10.2 Å². The van der Waals surface area contributed by atoms with Crippen molar-refractivity contribution in [3.63, 3.8) is 0 Å². The summed E-state index contributed by atoms with van der Waals surface area (Å²) in [5.41, 5.74) is 2.99. The molecule has 9 heteroatoms. The van der Waals surface area contributed by atoms with Crippen LogP contribution in [0, 0.1) is 0 Å².